The number of aromatic hydroxyl groups is 1. The number of methoxy groups -OCH3 is 1. The molecular formula is C12H14O3. The number of benzene rings is 1. The number of Topliss-reactive ketones (excluding diaryl/α,β-unsaturated/α-hetero) is 1. The van der Waals surface area contributed by atoms with Crippen LogP contribution >= 0.6 is 0 Å². The third kappa shape index (κ3) is 2.37. The molecule has 3 heteroatoms. The van der Waals surface area contributed by atoms with E-state index >= 15 is 0 Å². The minimum absolute atomic E-state index is 0.0568. The molecule has 0 saturated heterocycles. The van der Waals surface area contributed by atoms with E-state index in [0.29, 0.717) is 23.3 Å². The van der Waals surface area contributed by atoms with E-state index in [1.165, 1.54) is 20.1 Å². The summed E-state index contributed by atoms with van der Waals surface area (Å²) < 4.78 is 4.99. The van der Waals surface area contributed by atoms with Gasteiger partial charge in [-0.15, -0.1) is 6.58 Å². The standard InChI is InChI=1S/C12H14O3/c1-4-5-9-6-10(8(2)13)7-11(15-3)12(9)14/h4,6-7,14H,1,5H2,2-3H3. The summed E-state index contributed by atoms with van der Waals surface area (Å²) in [5.74, 6) is 0.334. The lowest BCUT2D eigenvalue weighted by Gasteiger charge is -2.09. The maximum Gasteiger partial charge on any atom is 0.161 e. The van der Waals surface area contributed by atoms with Crippen LogP contribution in [0.1, 0.15) is 22.8 Å². The monoisotopic (exact) mass is 206 g/mol. The first-order chi connectivity index (χ1) is 7.10. The Labute approximate surface area is 89.0 Å². The van der Waals surface area contributed by atoms with Crippen molar-refractivity contribution in [2.45, 2.75) is 13.3 Å². The van der Waals surface area contributed by atoms with Crippen molar-refractivity contribution >= 4 is 5.78 Å². The Balaban J connectivity index is 3.30. The first-order valence-corrected chi connectivity index (χ1v) is 4.61. The van der Waals surface area contributed by atoms with E-state index in [0.717, 1.165) is 0 Å². The molecule has 1 aromatic rings. The van der Waals surface area contributed by atoms with Crippen LogP contribution in [0.5, 0.6) is 11.5 Å². The van der Waals surface area contributed by atoms with Crippen molar-refractivity contribution < 1.29 is 14.6 Å². The molecular weight excluding hydrogens is 192 g/mol. The fraction of sp³-hybridized carbons (Fsp3) is 0.250. The molecule has 0 heterocycles. The van der Waals surface area contributed by atoms with Gasteiger partial charge in [0.05, 0.1) is 7.11 Å². The molecule has 1 aromatic carbocycles. The molecule has 0 amide bonds. The van der Waals surface area contributed by atoms with Gasteiger partial charge in [-0.1, -0.05) is 6.08 Å². The average molecular weight is 206 g/mol. The van der Waals surface area contributed by atoms with Gasteiger partial charge >= 0.3 is 0 Å². The number of phenols is 1. The highest BCUT2D eigenvalue weighted by Gasteiger charge is 2.11. The Morgan fingerprint density at radius 2 is 2.27 bits per heavy atom. The summed E-state index contributed by atoms with van der Waals surface area (Å²) in [6, 6.07) is 3.19. The lowest BCUT2D eigenvalue weighted by molar-refractivity contribution is 0.101. The van der Waals surface area contributed by atoms with Gasteiger partial charge in [0.2, 0.25) is 0 Å². The lowest BCUT2D eigenvalue weighted by atomic mass is 10.0. The number of carbonyl (C=O) groups excluding carboxylic acids is 1. The van der Waals surface area contributed by atoms with E-state index in [2.05, 4.69) is 6.58 Å². The van der Waals surface area contributed by atoms with Crippen LogP contribution in [0.3, 0.4) is 0 Å². The van der Waals surface area contributed by atoms with Gasteiger partial charge in [0.25, 0.3) is 0 Å². The van der Waals surface area contributed by atoms with Crippen molar-refractivity contribution in [2.75, 3.05) is 7.11 Å². The van der Waals surface area contributed by atoms with Gasteiger partial charge in [0.1, 0.15) is 0 Å². The van der Waals surface area contributed by atoms with Gasteiger partial charge in [-0.05, 0) is 25.5 Å². The lowest BCUT2D eigenvalue weighted by Crippen LogP contribution is -1.97. The van der Waals surface area contributed by atoms with Crippen LogP contribution in [-0.2, 0) is 6.42 Å². The molecule has 1 rings (SSSR count). The molecule has 0 atom stereocenters. The quantitative estimate of drug-likeness (QED) is 0.607. The highest BCUT2D eigenvalue weighted by molar-refractivity contribution is 5.95. The number of phenolic OH excluding ortho intramolecular Hbond substituents is 1. The summed E-state index contributed by atoms with van der Waals surface area (Å²) in [4.78, 5) is 11.2. The molecule has 1 N–H and O–H groups in total. The predicted octanol–water partition coefficient (Wildman–Crippen LogP) is 2.33. The first-order valence-electron chi connectivity index (χ1n) is 4.61. The van der Waals surface area contributed by atoms with Gasteiger partial charge in [0.15, 0.2) is 17.3 Å². The number of hydrogen-bond donors (Lipinski definition) is 1. The Kier molecular flexibility index (Phi) is 3.50. The zero-order chi connectivity index (χ0) is 11.4. The second kappa shape index (κ2) is 4.64. The third-order valence-electron chi connectivity index (χ3n) is 2.14. The normalized spacial score (nSPS) is 9.73. The Hall–Kier alpha value is -1.77. The van der Waals surface area contributed by atoms with Gasteiger partial charge < -0.3 is 9.84 Å². The third-order valence-corrected chi connectivity index (χ3v) is 2.14. The van der Waals surface area contributed by atoms with Crippen LogP contribution < -0.4 is 4.74 Å². The summed E-state index contributed by atoms with van der Waals surface area (Å²) in [5, 5.41) is 9.74. The number of hydrogen-bond acceptors (Lipinski definition) is 3. The second-order valence-electron chi connectivity index (χ2n) is 3.24. The molecule has 0 saturated carbocycles. The van der Waals surface area contributed by atoms with Crippen LogP contribution in [0.25, 0.3) is 0 Å². The maximum atomic E-state index is 11.2. The van der Waals surface area contributed by atoms with E-state index < -0.39 is 0 Å². The smallest absolute Gasteiger partial charge is 0.161 e. The van der Waals surface area contributed by atoms with E-state index in [1.807, 2.05) is 0 Å². The fourth-order valence-electron chi connectivity index (χ4n) is 1.34. The Morgan fingerprint density at radius 3 is 2.73 bits per heavy atom. The fourth-order valence-corrected chi connectivity index (χ4v) is 1.34. The van der Waals surface area contributed by atoms with Crippen LogP contribution in [0, 0.1) is 0 Å². The molecule has 0 aliphatic carbocycles. The Morgan fingerprint density at radius 1 is 1.60 bits per heavy atom. The van der Waals surface area contributed by atoms with Crippen molar-refractivity contribution in [1.82, 2.24) is 0 Å². The molecule has 0 radical (unpaired) electrons. The average Bonchev–Trinajstić information content (AvgIpc) is 2.21. The first kappa shape index (κ1) is 11.3. The molecule has 80 valence electrons. The van der Waals surface area contributed by atoms with Crippen molar-refractivity contribution in [3.63, 3.8) is 0 Å². The Bertz CT molecular complexity index is 394. The highest BCUT2D eigenvalue weighted by atomic mass is 16.5. The van der Waals surface area contributed by atoms with Gasteiger partial charge in [-0.25, -0.2) is 0 Å². The van der Waals surface area contributed by atoms with Crippen LogP contribution in [0.2, 0.25) is 0 Å². The molecule has 0 aliphatic heterocycles. The largest absolute Gasteiger partial charge is 0.504 e. The molecule has 15 heavy (non-hydrogen) atoms. The van der Waals surface area contributed by atoms with Crippen LogP contribution in [0.4, 0.5) is 0 Å². The van der Waals surface area contributed by atoms with Gasteiger partial charge in [-0.2, -0.15) is 0 Å². The highest BCUT2D eigenvalue weighted by Crippen LogP contribution is 2.32. The summed E-state index contributed by atoms with van der Waals surface area (Å²) in [6.07, 6.45) is 2.17. The molecule has 0 aliphatic rings. The van der Waals surface area contributed by atoms with Gasteiger partial charge in [0, 0.05) is 11.1 Å². The summed E-state index contributed by atoms with van der Waals surface area (Å²) >= 11 is 0. The van der Waals surface area contributed by atoms with Crippen molar-refractivity contribution in [3.8, 4) is 11.5 Å². The minimum atomic E-state index is -0.0568. The van der Waals surface area contributed by atoms with Crippen molar-refractivity contribution in [1.29, 1.82) is 0 Å². The molecule has 0 bridgehead atoms. The van der Waals surface area contributed by atoms with Crippen molar-refractivity contribution in [3.05, 3.63) is 35.9 Å². The summed E-state index contributed by atoms with van der Waals surface area (Å²) in [7, 11) is 1.46. The number of rotatable bonds is 4. The van der Waals surface area contributed by atoms with Crippen LogP contribution in [0.15, 0.2) is 24.8 Å². The zero-order valence-electron chi connectivity index (χ0n) is 8.91. The minimum Gasteiger partial charge on any atom is -0.504 e. The van der Waals surface area contributed by atoms with Crippen molar-refractivity contribution in [2.24, 2.45) is 0 Å². The number of ether oxygens (including phenoxy) is 1. The molecule has 0 unspecified atom stereocenters. The maximum absolute atomic E-state index is 11.2. The predicted molar refractivity (Wildman–Crippen MR) is 58.6 cm³/mol. The zero-order valence-corrected chi connectivity index (χ0v) is 8.91. The molecule has 0 fully saturated rings. The number of ketones is 1. The SMILES string of the molecule is C=CCc1cc(C(C)=O)cc(OC)c1O. The van der Waals surface area contributed by atoms with E-state index in [9.17, 15) is 9.90 Å². The summed E-state index contributed by atoms with van der Waals surface area (Å²) in [5.41, 5.74) is 1.18. The van der Waals surface area contributed by atoms with Crippen LogP contribution in [-0.4, -0.2) is 18.0 Å². The number of allylic oxidation sites excluding steroid dienone is 1. The van der Waals surface area contributed by atoms with E-state index in [-0.39, 0.29) is 11.5 Å². The number of carbonyl (C=O) groups is 1. The second-order valence-corrected chi connectivity index (χ2v) is 3.24. The molecule has 3 nitrogen and oxygen atoms in total. The topological polar surface area (TPSA) is 46.5 Å². The molecule has 0 aromatic heterocycles. The van der Waals surface area contributed by atoms with Gasteiger partial charge in [-0.3, -0.25) is 4.79 Å². The van der Waals surface area contributed by atoms with E-state index in [1.54, 1.807) is 12.1 Å². The summed E-state index contributed by atoms with van der Waals surface area (Å²) in [6.45, 7) is 5.07. The molecule has 0 spiro atoms. The van der Waals surface area contributed by atoms with E-state index in [4.69, 9.17) is 4.74 Å².